The van der Waals surface area contributed by atoms with E-state index in [0.717, 1.165) is 18.4 Å². The van der Waals surface area contributed by atoms with Crippen molar-refractivity contribution >= 4 is 0 Å². The molecule has 0 bridgehead atoms. The summed E-state index contributed by atoms with van der Waals surface area (Å²) in [6.45, 7) is 13.8. The highest BCUT2D eigenvalue weighted by atomic mass is 16.3. The van der Waals surface area contributed by atoms with E-state index in [1.807, 2.05) is 6.92 Å². The van der Waals surface area contributed by atoms with Crippen LogP contribution in [-0.4, -0.2) is 11.2 Å². The van der Waals surface area contributed by atoms with E-state index in [2.05, 4.69) is 39.2 Å². The van der Waals surface area contributed by atoms with Gasteiger partial charge in [0, 0.05) is 0 Å². The Morgan fingerprint density at radius 2 is 1.93 bits per heavy atom. The Morgan fingerprint density at radius 3 is 2.33 bits per heavy atom. The molecule has 2 atom stereocenters. The van der Waals surface area contributed by atoms with Crippen LogP contribution in [0.5, 0.6) is 0 Å². The lowest BCUT2D eigenvalue weighted by molar-refractivity contribution is 0.199. The van der Waals surface area contributed by atoms with Crippen LogP contribution >= 0.6 is 0 Å². The van der Waals surface area contributed by atoms with Crippen molar-refractivity contribution in [3.05, 3.63) is 37.0 Å². The van der Waals surface area contributed by atoms with Crippen molar-refractivity contribution in [1.82, 2.24) is 0 Å². The molecular formula is C14H24O. The number of aliphatic hydroxyl groups is 1. The van der Waals surface area contributed by atoms with E-state index < -0.39 is 0 Å². The van der Waals surface area contributed by atoms with Crippen LogP contribution in [-0.2, 0) is 0 Å². The summed E-state index contributed by atoms with van der Waals surface area (Å²) < 4.78 is 0. The molecule has 0 fully saturated rings. The van der Waals surface area contributed by atoms with Crippen molar-refractivity contribution in [2.75, 3.05) is 0 Å². The van der Waals surface area contributed by atoms with E-state index in [0.29, 0.717) is 11.8 Å². The minimum absolute atomic E-state index is 0.371. The van der Waals surface area contributed by atoms with Crippen LogP contribution in [0.15, 0.2) is 37.0 Å². The smallest absolute Gasteiger partial charge is 0.0718 e. The predicted molar refractivity (Wildman–Crippen MR) is 67.7 cm³/mol. The molecule has 1 nitrogen and oxygen atoms in total. The summed E-state index contributed by atoms with van der Waals surface area (Å²) in [7, 11) is 0. The van der Waals surface area contributed by atoms with Gasteiger partial charge in [-0.2, -0.15) is 0 Å². The molecule has 1 N–H and O–H groups in total. The minimum Gasteiger partial charge on any atom is -0.389 e. The molecule has 86 valence electrons. The third-order valence-corrected chi connectivity index (χ3v) is 2.55. The Balaban J connectivity index is 4.16. The molecular weight excluding hydrogens is 184 g/mol. The average molecular weight is 208 g/mol. The van der Waals surface area contributed by atoms with Gasteiger partial charge in [0.05, 0.1) is 6.10 Å². The molecule has 15 heavy (non-hydrogen) atoms. The fraction of sp³-hybridized carbons (Fsp3) is 0.571. The molecule has 0 aromatic rings. The number of hydrogen-bond donors (Lipinski definition) is 1. The number of rotatable bonds is 7. The van der Waals surface area contributed by atoms with Gasteiger partial charge < -0.3 is 5.11 Å². The van der Waals surface area contributed by atoms with Crippen molar-refractivity contribution < 1.29 is 5.11 Å². The van der Waals surface area contributed by atoms with Gasteiger partial charge in [-0.05, 0) is 31.6 Å². The molecule has 0 heterocycles. The molecule has 0 radical (unpaired) electrons. The normalized spacial score (nSPS) is 15.5. The first-order valence-corrected chi connectivity index (χ1v) is 5.61. The Hall–Kier alpha value is -0.820. The van der Waals surface area contributed by atoms with Crippen LogP contribution in [0.3, 0.4) is 0 Å². The Bertz CT molecular complexity index is 225. The Labute approximate surface area is 94.2 Å². The van der Waals surface area contributed by atoms with Crippen molar-refractivity contribution in [2.45, 2.75) is 39.7 Å². The molecule has 1 heteroatoms. The van der Waals surface area contributed by atoms with Crippen LogP contribution in [0.4, 0.5) is 0 Å². The van der Waals surface area contributed by atoms with Gasteiger partial charge in [0.2, 0.25) is 0 Å². The van der Waals surface area contributed by atoms with Crippen LogP contribution in [0.2, 0.25) is 0 Å². The lowest BCUT2D eigenvalue weighted by Gasteiger charge is -2.17. The zero-order valence-corrected chi connectivity index (χ0v) is 10.2. The summed E-state index contributed by atoms with van der Waals surface area (Å²) in [4.78, 5) is 0. The van der Waals surface area contributed by atoms with E-state index in [-0.39, 0.29) is 6.10 Å². The van der Waals surface area contributed by atoms with Crippen molar-refractivity contribution in [2.24, 2.45) is 11.8 Å². The molecule has 0 saturated heterocycles. The van der Waals surface area contributed by atoms with Crippen molar-refractivity contribution in [3.8, 4) is 0 Å². The monoisotopic (exact) mass is 208 g/mol. The molecule has 0 aromatic carbocycles. The van der Waals surface area contributed by atoms with Crippen molar-refractivity contribution in [3.63, 3.8) is 0 Å². The molecule has 0 saturated carbocycles. The number of allylic oxidation sites excluding steroid dienone is 3. The van der Waals surface area contributed by atoms with Gasteiger partial charge in [-0.15, -0.1) is 6.58 Å². The summed E-state index contributed by atoms with van der Waals surface area (Å²) in [6, 6.07) is 0. The molecule has 0 spiro atoms. The molecule has 0 aliphatic rings. The molecule has 0 aliphatic carbocycles. The quantitative estimate of drug-likeness (QED) is 0.499. The first-order valence-electron chi connectivity index (χ1n) is 5.61. The summed E-state index contributed by atoms with van der Waals surface area (Å²) >= 11 is 0. The lowest BCUT2D eigenvalue weighted by Crippen LogP contribution is -2.10. The highest BCUT2D eigenvalue weighted by Crippen LogP contribution is 2.20. The molecule has 0 aromatic heterocycles. The highest BCUT2D eigenvalue weighted by Gasteiger charge is 2.11. The van der Waals surface area contributed by atoms with Gasteiger partial charge in [-0.25, -0.2) is 0 Å². The fourth-order valence-electron chi connectivity index (χ4n) is 1.42. The average Bonchev–Trinajstić information content (AvgIpc) is 2.16. The summed E-state index contributed by atoms with van der Waals surface area (Å²) in [5.74, 6) is 1.11. The van der Waals surface area contributed by atoms with Crippen LogP contribution in [0.1, 0.15) is 33.6 Å². The van der Waals surface area contributed by atoms with Gasteiger partial charge in [-0.1, -0.05) is 44.2 Å². The second-order valence-electron chi connectivity index (χ2n) is 4.49. The lowest BCUT2D eigenvalue weighted by atomic mass is 9.89. The second kappa shape index (κ2) is 7.47. The SMILES string of the molecule is C=CC(O)CC[C@H](/C=C/C(=C)C)C(C)C. The largest absolute Gasteiger partial charge is 0.389 e. The van der Waals surface area contributed by atoms with Crippen LogP contribution in [0, 0.1) is 11.8 Å². The van der Waals surface area contributed by atoms with E-state index in [4.69, 9.17) is 0 Å². The maximum atomic E-state index is 9.41. The fourth-order valence-corrected chi connectivity index (χ4v) is 1.42. The molecule has 0 aliphatic heterocycles. The van der Waals surface area contributed by atoms with E-state index in [1.165, 1.54) is 0 Å². The van der Waals surface area contributed by atoms with Gasteiger partial charge in [0.15, 0.2) is 0 Å². The molecule has 1 unspecified atom stereocenters. The summed E-state index contributed by atoms with van der Waals surface area (Å²) in [6.07, 6.45) is 7.26. The van der Waals surface area contributed by atoms with Gasteiger partial charge in [0.1, 0.15) is 0 Å². The molecule has 0 amide bonds. The van der Waals surface area contributed by atoms with Gasteiger partial charge in [0.25, 0.3) is 0 Å². The highest BCUT2D eigenvalue weighted by molar-refractivity contribution is 5.12. The van der Waals surface area contributed by atoms with Crippen molar-refractivity contribution in [1.29, 1.82) is 0 Å². The second-order valence-corrected chi connectivity index (χ2v) is 4.49. The predicted octanol–water partition coefficient (Wildman–Crippen LogP) is 3.72. The number of aliphatic hydroxyl groups excluding tert-OH is 1. The van der Waals surface area contributed by atoms with E-state index in [9.17, 15) is 5.11 Å². The number of hydrogen-bond acceptors (Lipinski definition) is 1. The van der Waals surface area contributed by atoms with Crippen LogP contribution in [0.25, 0.3) is 0 Å². The zero-order valence-electron chi connectivity index (χ0n) is 10.2. The van der Waals surface area contributed by atoms with Crippen LogP contribution < -0.4 is 0 Å². The minimum atomic E-state index is -0.371. The maximum Gasteiger partial charge on any atom is 0.0718 e. The molecule has 0 rings (SSSR count). The van der Waals surface area contributed by atoms with Gasteiger partial charge in [-0.3, -0.25) is 0 Å². The standard InChI is InChI=1S/C14H24O/c1-6-14(15)10-9-13(12(4)5)8-7-11(2)3/h6-8,12-15H,1-2,9-10H2,3-5H3/b8-7+/t13-,14?/m0/s1. The summed E-state index contributed by atoms with van der Waals surface area (Å²) in [5, 5.41) is 9.41. The first-order chi connectivity index (χ1) is 6.97. The Morgan fingerprint density at radius 1 is 1.33 bits per heavy atom. The Kier molecular flexibility index (Phi) is 7.06. The van der Waals surface area contributed by atoms with Gasteiger partial charge >= 0.3 is 0 Å². The third-order valence-electron chi connectivity index (χ3n) is 2.55. The topological polar surface area (TPSA) is 20.2 Å². The first kappa shape index (κ1) is 14.2. The summed E-state index contributed by atoms with van der Waals surface area (Å²) in [5.41, 5.74) is 1.07. The maximum absolute atomic E-state index is 9.41. The third kappa shape index (κ3) is 7.15. The van der Waals surface area contributed by atoms with E-state index in [1.54, 1.807) is 6.08 Å². The zero-order chi connectivity index (χ0) is 11.8. The van der Waals surface area contributed by atoms with E-state index >= 15 is 0 Å².